The number of hydrogen-bond acceptors (Lipinski definition) is 5. The molecule has 0 aliphatic carbocycles. The number of para-hydroxylation sites is 1. The van der Waals surface area contributed by atoms with Gasteiger partial charge in [0.25, 0.3) is 5.91 Å². The third-order valence-corrected chi connectivity index (χ3v) is 4.60. The van der Waals surface area contributed by atoms with Crippen LogP contribution in [0.5, 0.6) is 0 Å². The van der Waals surface area contributed by atoms with E-state index in [9.17, 15) is 9.59 Å². The van der Waals surface area contributed by atoms with Gasteiger partial charge in [0.2, 0.25) is 5.91 Å². The molecule has 0 unspecified atom stereocenters. The Bertz CT molecular complexity index is 915. The number of rotatable bonds is 5. The molecule has 1 aromatic carbocycles. The van der Waals surface area contributed by atoms with Crippen molar-refractivity contribution in [1.82, 2.24) is 24.6 Å². The van der Waals surface area contributed by atoms with Gasteiger partial charge in [-0.2, -0.15) is 0 Å². The van der Waals surface area contributed by atoms with Gasteiger partial charge in [0.15, 0.2) is 5.16 Å². The summed E-state index contributed by atoms with van der Waals surface area (Å²) < 4.78 is 3.48. The fourth-order valence-electron chi connectivity index (χ4n) is 2.38. The Morgan fingerprint density at radius 2 is 2.00 bits per heavy atom. The van der Waals surface area contributed by atoms with Gasteiger partial charge in [0.05, 0.1) is 11.4 Å². The van der Waals surface area contributed by atoms with Crippen LogP contribution in [0.25, 0.3) is 5.69 Å². The van der Waals surface area contributed by atoms with E-state index in [1.807, 2.05) is 35.8 Å². The van der Waals surface area contributed by atoms with Crippen LogP contribution in [-0.4, -0.2) is 36.9 Å². The Kier molecular flexibility index (Phi) is 4.99. The zero-order valence-electron chi connectivity index (χ0n) is 13.8. The van der Waals surface area contributed by atoms with Gasteiger partial charge in [-0.15, -0.1) is 10.2 Å². The van der Waals surface area contributed by atoms with E-state index in [-0.39, 0.29) is 11.7 Å². The molecule has 0 bridgehead atoms. The molecule has 0 radical (unpaired) electrons. The number of nitrogens with one attached hydrogen (secondary N) is 1. The highest BCUT2D eigenvalue weighted by Gasteiger charge is 2.15. The molecular formula is C17H17N5O2S. The second-order valence-corrected chi connectivity index (χ2v) is 6.38. The van der Waals surface area contributed by atoms with Crippen LogP contribution in [-0.2, 0) is 11.8 Å². The van der Waals surface area contributed by atoms with E-state index in [0.717, 1.165) is 11.3 Å². The summed E-state index contributed by atoms with van der Waals surface area (Å²) in [5.74, 6) is -0.727. The van der Waals surface area contributed by atoms with Gasteiger partial charge in [-0.1, -0.05) is 30.0 Å². The largest absolute Gasteiger partial charge is 0.347 e. The average molecular weight is 355 g/mol. The van der Waals surface area contributed by atoms with Crippen molar-refractivity contribution >= 4 is 23.6 Å². The summed E-state index contributed by atoms with van der Waals surface area (Å²) in [4.78, 5) is 24.1. The number of carbonyl (C=O) groups is 2. The fraction of sp³-hybridized carbons (Fsp3) is 0.176. The highest BCUT2D eigenvalue weighted by molar-refractivity contribution is 7.99. The topological polar surface area (TPSA) is 81.8 Å². The van der Waals surface area contributed by atoms with Crippen molar-refractivity contribution in [3.63, 3.8) is 0 Å². The van der Waals surface area contributed by atoms with Gasteiger partial charge >= 0.3 is 0 Å². The van der Waals surface area contributed by atoms with E-state index < -0.39 is 5.91 Å². The third kappa shape index (κ3) is 3.80. The molecule has 2 amide bonds. The van der Waals surface area contributed by atoms with Crippen molar-refractivity contribution in [3.05, 3.63) is 60.2 Å². The SMILES string of the molecule is Cc1ccccc1-n1cnnc1SCC(=O)NC(=O)c1cccn1C. The number of hydrogen-bond donors (Lipinski definition) is 1. The monoisotopic (exact) mass is 355 g/mol. The number of nitrogens with zero attached hydrogens (tertiary/aromatic N) is 4. The highest BCUT2D eigenvalue weighted by Crippen LogP contribution is 2.21. The Labute approximate surface area is 149 Å². The molecule has 0 fully saturated rings. The van der Waals surface area contributed by atoms with E-state index in [0.29, 0.717) is 10.9 Å². The lowest BCUT2D eigenvalue weighted by atomic mass is 10.2. The maximum Gasteiger partial charge on any atom is 0.274 e. The standard InChI is InChI=1S/C17H17N5O2S/c1-12-6-3-4-7-13(12)22-11-18-20-17(22)25-10-15(23)19-16(24)14-8-5-9-21(14)2/h3-9,11H,10H2,1-2H3,(H,19,23,24). The molecule has 7 nitrogen and oxygen atoms in total. The normalized spacial score (nSPS) is 10.6. The predicted molar refractivity (Wildman–Crippen MR) is 94.7 cm³/mol. The van der Waals surface area contributed by atoms with Crippen LogP contribution in [0.1, 0.15) is 16.1 Å². The molecule has 2 heterocycles. The van der Waals surface area contributed by atoms with Crippen LogP contribution >= 0.6 is 11.8 Å². The Balaban J connectivity index is 1.64. The van der Waals surface area contributed by atoms with Gasteiger partial charge < -0.3 is 4.57 Å². The zero-order chi connectivity index (χ0) is 17.8. The van der Waals surface area contributed by atoms with Gasteiger partial charge in [-0.3, -0.25) is 19.5 Å². The first-order chi connectivity index (χ1) is 12.1. The second kappa shape index (κ2) is 7.35. The summed E-state index contributed by atoms with van der Waals surface area (Å²) in [6, 6.07) is 11.3. The molecule has 0 atom stereocenters. The molecule has 2 aromatic heterocycles. The van der Waals surface area contributed by atoms with Gasteiger partial charge in [0, 0.05) is 13.2 Å². The predicted octanol–water partition coefficient (Wildman–Crippen LogP) is 1.96. The van der Waals surface area contributed by atoms with Crippen LogP contribution in [0, 0.1) is 6.92 Å². The number of aromatic nitrogens is 4. The van der Waals surface area contributed by atoms with Crippen LogP contribution < -0.4 is 5.32 Å². The molecule has 3 rings (SSSR count). The molecule has 3 aromatic rings. The van der Waals surface area contributed by atoms with Crippen LogP contribution in [0.15, 0.2) is 54.1 Å². The van der Waals surface area contributed by atoms with E-state index in [4.69, 9.17) is 0 Å². The Morgan fingerprint density at radius 1 is 1.20 bits per heavy atom. The average Bonchev–Trinajstić information content (AvgIpc) is 3.22. The maximum absolute atomic E-state index is 12.1. The first-order valence-electron chi connectivity index (χ1n) is 7.60. The van der Waals surface area contributed by atoms with Crippen molar-refractivity contribution in [2.24, 2.45) is 7.05 Å². The van der Waals surface area contributed by atoms with E-state index in [1.165, 1.54) is 11.8 Å². The van der Waals surface area contributed by atoms with E-state index >= 15 is 0 Å². The summed E-state index contributed by atoms with van der Waals surface area (Å²) in [5, 5.41) is 10.9. The molecule has 0 saturated heterocycles. The van der Waals surface area contributed by atoms with Crippen molar-refractivity contribution < 1.29 is 9.59 Å². The summed E-state index contributed by atoms with van der Waals surface area (Å²) in [6.07, 6.45) is 3.36. The first kappa shape index (κ1) is 17.0. The molecule has 0 aliphatic rings. The number of thioether (sulfide) groups is 1. The summed E-state index contributed by atoms with van der Waals surface area (Å²) in [6.45, 7) is 2.00. The molecule has 128 valence electrons. The molecular weight excluding hydrogens is 338 g/mol. The Morgan fingerprint density at radius 3 is 2.72 bits per heavy atom. The number of carbonyl (C=O) groups excluding carboxylic acids is 2. The molecule has 0 saturated carbocycles. The summed E-state index contributed by atoms with van der Waals surface area (Å²) >= 11 is 1.23. The van der Waals surface area contributed by atoms with Crippen molar-refractivity contribution in [2.75, 3.05) is 5.75 Å². The van der Waals surface area contributed by atoms with Crippen LogP contribution in [0.3, 0.4) is 0 Å². The quantitative estimate of drug-likeness (QED) is 0.708. The fourth-order valence-corrected chi connectivity index (χ4v) is 3.10. The van der Waals surface area contributed by atoms with Crippen molar-refractivity contribution in [3.8, 4) is 5.69 Å². The lowest BCUT2D eigenvalue weighted by molar-refractivity contribution is -0.117. The lowest BCUT2D eigenvalue weighted by Gasteiger charge is -2.09. The minimum Gasteiger partial charge on any atom is -0.347 e. The number of aryl methyl sites for hydroxylation is 2. The number of amides is 2. The summed E-state index contributed by atoms with van der Waals surface area (Å²) in [5.41, 5.74) is 2.46. The van der Waals surface area contributed by atoms with Gasteiger partial charge in [-0.25, -0.2) is 0 Å². The van der Waals surface area contributed by atoms with Crippen LogP contribution in [0.2, 0.25) is 0 Å². The van der Waals surface area contributed by atoms with E-state index in [1.54, 1.807) is 36.3 Å². The summed E-state index contributed by atoms with van der Waals surface area (Å²) in [7, 11) is 1.75. The molecule has 8 heteroatoms. The van der Waals surface area contributed by atoms with Gasteiger partial charge in [-0.05, 0) is 30.7 Å². The van der Waals surface area contributed by atoms with Crippen molar-refractivity contribution in [2.45, 2.75) is 12.1 Å². The van der Waals surface area contributed by atoms with Crippen molar-refractivity contribution in [1.29, 1.82) is 0 Å². The minimum absolute atomic E-state index is 0.0702. The second-order valence-electron chi connectivity index (χ2n) is 5.44. The third-order valence-electron chi connectivity index (χ3n) is 3.65. The lowest BCUT2D eigenvalue weighted by Crippen LogP contribution is -2.33. The molecule has 1 N–H and O–H groups in total. The smallest absolute Gasteiger partial charge is 0.274 e. The minimum atomic E-state index is -0.418. The maximum atomic E-state index is 12.1. The molecule has 0 spiro atoms. The molecule has 25 heavy (non-hydrogen) atoms. The first-order valence-corrected chi connectivity index (χ1v) is 8.59. The van der Waals surface area contributed by atoms with Crippen LogP contribution in [0.4, 0.5) is 0 Å². The highest BCUT2D eigenvalue weighted by atomic mass is 32.2. The molecule has 0 aliphatic heterocycles. The Hall–Kier alpha value is -2.87. The van der Waals surface area contributed by atoms with Gasteiger partial charge in [0.1, 0.15) is 12.0 Å². The number of benzene rings is 1. The van der Waals surface area contributed by atoms with E-state index in [2.05, 4.69) is 15.5 Å². The number of imide groups is 1. The zero-order valence-corrected chi connectivity index (χ0v) is 14.7.